The number of carbonyl (C=O) groups is 1. The Hall–Kier alpha value is -3.60. The van der Waals surface area contributed by atoms with E-state index in [-0.39, 0.29) is 24.3 Å². The molecule has 2 N–H and O–H groups in total. The van der Waals surface area contributed by atoms with E-state index in [1.165, 1.54) is 28.9 Å². The van der Waals surface area contributed by atoms with E-state index in [9.17, 15) is 23.1 Å². The van der Waals surface area contributed by atoms with E-state index in [1.807, 2.05) is 6.07 Å². The summed E-state index contributed by atoms with van der Waals surface area (Å²) in [4.78, 5) is 18.3. The Bertz CT molecular complexity index is 1150. The summed E-state index contributed by atoms with van der Waals surface area (Å²) in [6, 6.07) is 7.15. The standard InChI is InChI=1S/C22H22F3N5O3/c1-2-19(32)27-13-17-20-18(29-11-8-15(31)9-12-29)7-10-26-21(20)30(28-17)14-3-5-16(6-4-14)33-22(23,24)25/h2-7,10,15,31H,1,8-9,11-13H2,(H,27,32). The van der Waals surface area contributed by atoms with Gasteiger partial charge in [-0.2, -0.15) is 5.10 Å². The first-order valence-electron chi connectivity index (χ1n) is 10.3. The highest BCUT2D eigenvalue weighted by Gasteiger charge is 2.31. The highest BCUT2D eigenvalue weighted by molar-refractivity contribution is 5.93. The number of amides is 1. The molecule has 4 rings (SSSR count). The van der Waals surface area contributed by atoms with E-state index in [4.69, 9.17) is 0 Å². The molecule has 1 aliphatic rings. The third kappa shape index (κ3) is 5.08. The molecule has 1 saturated heterocycles. The molecular weight excluding hydrogens is 439 g/mol. The number of nitrogens with zero attached hydrogens (tertiary/aromatic N) is 4. The van der Waals surface area contributed by atoms with Crippen molar-refractivity contribution in [2.24, 2.45) is 0 Å². The van der Waals surface area contributed by atoms with Gasteiger partial charge in [0.1, 0.15) is 5.75 Å². The Morgan fingerprint density at radius 3 is 2.58 bits per heavy atom. The van der Waals surface area contributed by atoms with Crippen molar-refractivity contribution >= 4 is 22.6 Å². The van der Waals surface area contributed by atoms with Crippen LogP contribution in [0.4, 0.5) is 18.9 Å². The van der Waals surface area contributed by atoms with E-state index >= 15 is 0 Å². The second kappa shape index (κ2) is 9.10. The van der Waals surface area contributed by atoms with Gasteiger partial charge < -0.3 is 20.1 Å². The van der Waals surface area contributed by atoms with Crippen LogP contribution in [0.25, 0.3) is 16.7 Å². The van der Waals surface area contributed by atoms with Gasteiger partial charge in [0.2, 0.25) is 5.91 Å². The molecule has 1 aliphatic heterocycles. The van der Waals surface area contributed by atoms with Crippen molar-refractivity contribution in [3.63, 3.8) is 0 Å². The molecule has 3 heterocycles. The van der Waals surface area contributed by atoms with Gasteiger partial charge in [0.15, 0.2) is 5.65 Å². The van der Waals surface area contributed by atoms with Crippen molar-refractivity contribution in [1.82, 2.24) is 20.1 Å². The number of anilines is 1. The molecule has 0 radical (unpaired) electrons. The first-order chi connectivity index (χ1) is 15.7. The number of aliphatic hydroxyl groups excluding tert-OH is 1. The van der Waals surface area contributed by atoms with Crippen LogP contribution in [0.3, 0.4) is 0 Å². The lowest BCUT2D eigenvalue weighted by Gasteiger charge is -2.31. The van der Waals surface area contributed by atoms with Gasteiger partial charge in [0.05, 0.1) is 35.1 Å². The molecule has 2 aromatic heterocycles. The number of pyridine rings is 1. The van der Waals surface area contributed by atoms with Crippen LogP contribution in [0.15, 0.2) is 49.2 Å². The van der Waals surface area contributed by atoms with Crippen LogP contribution in [0.2, 0.25) is 0 Å². The quantitative estimate of drug-likeness (QED) is 0.548. The zero-order valence-electron chi connectivity index (χ0n) is 17.5. The Morgan fingerprint density at radius 1 is 1.24 bits per heavy atom. The summed E-state index contributed by atoms with van der Waals surface area (Å²) in [6.07, 6.45) is -1.08. The summed E-state index contributed by atoms with van der Waals surface area (Å²) in [5, 5.41) is 17.9. The largest absolute Gasteiger partial charge is 0.573 e. The fourth-order valence-electron chi connectivity index (χ4n) is 3.80. The van der Waals surface area contributed by atoms with E-state index in [2.05, 4.69) is 31.6 Å². The van der Waals surface area contributed by atoms with Crippen LogP contribution >= 0.6 is 0 Å². The van der Waals surface area contributed by atoms with Crippen LogP contribution in [0, 0.1) is 0 Å². The number of benzene rings is 1. The fraction of sp³-hybridized carbons (Fsp3) is 0.318. The Kier molecular flexibility index (Phi) is 6.23. The summed E-state index contributed by atoms with van der Waals surface area (Å²) < 4.78 is 42.9. The normalized spacial score (nSPS) is 15.0. The van der Waals surface area contributed by atoms with Crippen molar-refractivity contribution in [3.05, 3.63) is 54.9 Å². The molecule has 33 heavy (non-hydrogen) atoms. The van der Waals surface area contributed by atoms with Crippen LogP contribution in [0.5, 0.6) is 5.75 Å². The molecule has 8 nitrogen and oxygen atoms in total. The minimum atomic E-state index is -4.78. The zero-order chi connectivity index (χ0) is 23.6. The SMILES string of the molecule is C=CC(=O)NCc1nn(-c2ccc(OC(F)(F)F)cc2)c2nccc(N3CCC(O)CC3)c12. The van der Waals surface area contributed by atoms with Gasteiger partial charge in [-0.05, 0) is 49.2 Å². The summed E-state index contributed by atoms with van der Waals surface area (Å²) in [6.45, 7) is 4.85. The smallest absolute Gasteiger partial charge is 0.406 e. The summed E-state index contributed by atoms with van der Waals surface area (Å²) >= 11 is 0. The van der Waals surface area contributed by atoms with Crippen molar-refractivity contribution < 1.29 is 27.8 Å². The molecule has 0 atom stereocenters. The molecule has 11 heteroatoms. The number of nitrogens with one attached hydrogen (secondary N) is 1. The first kappa shape index (κ1) is 22.6. The van der Waals surface area contributed by atoms with E-state index in [0.29, 0.717) is 48.3 Å². The maximum atomic E-state index is 12.5. The number of hydrogen-bond donors (Lipinski definition) is 2. The van der Waals surface area contributed by atoms with Gasteiger partial charge in [0.25, 0.3) is 0 Å². The van der Waals surface area contributed by atoms with Crippen LogP contribution in [0.1, 0.15) is 18.5 Å². The lowest BCUT2D eigenvalue weighted by Crippen LogP contribution is -2.36. The number of halogens is 3. The van der Waals surface area contributed by atoms with Gasteiger partial charge in [-0.3, -0.25) is 4.79 Å². The summed E-state index contributed by atoms with van der Waals surface area (Å²) in [5.74, 6) is -0.709. The molecule has 0 spiro atoms. The average molecular weight is 461 g/mol. The molecule has 0 saturated carbocycles. The van der Waals surface area contributed by atoms with Crippen LogP contribution < -0.4 is 15.0 Å². The summed E-state index contributed by atoms with van der Waals surface area (Å²) in [7, 11) is 0. The second-order valence-electron chi connectivity index (χ2n) is 7.57. The number of rotatable bonds is 6. The monoisotopic (exact) mass is 461 g/mol. The zero-order valence-corrected chi connectivity index (χ0v) is 17.5. The topological polar surface area (TPSA) is 92.5 Å². The van der Waals surface area contributed by atoms with Crippen molar-refractivity contribution in [3.8, 4) is 11.4 Å². The number of hydrogen-bond acceptors (Lipinski definition) is 6. The molecule has 1 amide bonds. The van der Waals surface area contributed by atoms with Crippen molar-refractivity contribution in [2.45, 2.75) is 31.9 Å². The Morgan fingerprint density at radius 2 is 1.94 bits per heavy atom. The molecule has 3 aromatic rings. The van der Waals surface area contributed by atoms with E-state index in [0.717, 1.165) is 11.8 Å². The van der Waals surface area contributed by atoms with Gasteiger partial charge in [-0.1, -0.05) is 6.58 Å². The Labute approximate surface area is 187 Å². The first-order valence-corrected chi connectivity index (χ1v) is 10.3. The third-order valence-electron chi connectivity index (χ3n) is 5.35. The third-order valence-corrected chi connectivity index (χ3v) is 5.35. The number of carbonyl (C=O) groups excluding carboxylic acids is 1. The molecule has 0 bridgehead atoms. The highest BCUT2D eigenvalue weighted by atomic mass is 19.4. The average Bonchev–Trinajstić information content (AvgIpc) is 3.16. The molecule has 0 aliphatic carbocycles. The molecule has 1 aromatic carbocycles. The number of alkyl halides is 3. The number of ether oxygens (including phenoxy) is 1. The molecule has 0 unspecified atom stereocenters. The van der Waals surface area contributed by atoms with Gasteiger partial charge in [0, 0.05) is 19.3 Å². The maximum absolute atomic E-state index is 12.5. The van der Waals surface area contributed by atoms with Crippen LogP contribution in [-0.2, 0) is 11.3 Å². The summed E-state index contributed by atoms with van der Waals surface area (Å²) in [5.41, 5.74) is 2.38. The lowest BCUT2D eigenvalue weighted by atomic mass is 10.1. The lowest BCUT2D eigenvalue weighted by molar-refractivity contribution is -0.274. The van der Waals surface area contributed by atoms with Gasteiger partial charge in [-0.15, -0.1) is 13.2 Å². The predicted octanol–water partition coefficient (Wildman–Crippen LogP) is 3.08. The van der Waals surface area contributed by atoms with Crippen molar-refractivity contribution in [1.29, 1.82) is 0 Å². The van der Waals surface area contributed by atoms with Crippen LogP contribution in [-0.4, -0.2) is 51.3 Å². The number of aromatic nitrogens is 3. The fourth-order valence-corrected chi connectivity index (χ4v) is 3.80. The predicted molar refractivity (Wildman–Crippen MR) is 115 cm³/mol. The van der Waals surface area contributed by atoms with Gasteiger partial charge in [-0.25, -0.2) is 9.67 Å². The van der Waals surface area contributed by atoms with Crippen molar-refractivity contribution in [2.75, 3.05) is 18.0 Å². The van der Waals surface area contributed by atoms with E-state index < -0.39 is 6.36 Å². The molecular formula is C22H22F3N5O3. The number of piperidine rings is 1. The number of aliphatic hydroxyl groups is 1. The molecule has 174 valence electrons. The molecule has 1 fully saturated rings. The minimum Gasteiger partial charge on any atom is -0.406 e. The van der Waals surface area contributed by atoms with E-state index in [1.54, 1.807) is 6.20 Å². The maximum Gasteiger partial charge on any atom is 0.573 e. The second-order valence-corrected chi connectivity index (χ2v) is 7.57. The highest BCUT2D eigenvalue weighted by Crippen LogP contribution is 2.32. The van der Waals surface area contributed by atoms with Gasteiger partial charge >= 0.3 is 6.36 Å². The number of fused-ring (bicyclic) bond motifs is 1. The Balaban J connectivity index is 1.76. The minimum absolute atomic E-state index is 0.110.